The van der Waals surface area contributed by atoms with Gasteiger partial charge in [0.2, 0.25) is 0 Å². The molecule has 0 aliphatic rings. The van der Waals surface area contributed by atoms with Gasteiger partial charge in [-0.05, 0) is 29.8 Å². The number of rotatable bonds is 3. The molecule has 0 fully saturated rings. The van der Waals surface area contributed by atoms with Gasteiger partial charge in [-0.1, -0.05) is 39.8 Å². The van der Waals surface area contributed by atoms with E-state index in [0.29, 0.717) is 0 Å². The molecule has 1 N–H and O–H groups in total. The van der Waals surface area contributed by atoms with E-state index in [1.54, 1.807) is 18.0 Å². The monoisotopic (exact) mass is 295 g/mol. The van der Waals surface area contributed by atoms with Crippen LogP contribution in [0.4, 0.5) is 0 Å². The van der Waals surface area contributed by atoms with Gasteiger partial charge in [-0.15, -0.1) is 0 Å². The van der Waals surface area contributed by atoms with E-state index in [1.165, 1.54) is 0 Å². The molecule has 1 aromatic heterocycles. The third kappa shape index (κ3) is 2.84. The maximum Gasteiger partial charge on any atom is 0.101 e. The number of aliphatic hydroxyl groups is 1. The van der Waals surface area contributed by atoms with Crippen LogP contribution in [0.15, 0.2) is 57.0 Å². The summed E-state index contributed by atoms with van der Waals surface area (Å²) in [5.74, 6) is 0. The lowest BCUT2D eigenvalue weighted by molar-refractivity contribution is 0.281. The zero-order valence-electron chi connectivity index (χ0n) is 8.43. The molecule has 2 rings (SSSR count). The van der Waals surface area contributed by atoms with Crippen molar-refractivity contribution in [2.45, 2.75) is 16.5 Å². The molecule has 0 atom stereocenters. The topological polar surface area (TPSA) is 33.1 Å². The Morgan fingerprint density at radius 1 is 1.25 bits per heavy atom. The summed E-state index contributed by atoms with van der Waals surface area (Å²) in [5.41, 5.74) is 0.894. The highest BCUT2D eigenvalue weighted by Crippen LogP contribution is 2.29. The van der Waals surface area contributed by atoms with Crippen molar-refractivity contribution in [2.75, 3.05) is 0 Å². The van der Waals surface area contributed by atoms with Gasteiger partial charge in [0.05, 0.1) is 6.61 Å². The number of nitrogens with zero attached hydrogens (tertiary/aromatic N) is 1. The number of pyridine rings is 1. The van der Waals surface area contributed by atoms with Crippen LogP contribution in [0.3, 0.4) is 0 Å². The third-order valence-electron chi connectivity index (χ3n) is 2.06. The molecular weight excluding hydrogens is 286 g/mol. The molecular formula is C12H10BrNOS. The molecule has 0 radical (unpaired) electrons. The molecule has 1 heterocycles. The number of aliphatic hydroxyl groups excluding tert-OH is 1. The Balaban J connectivity index is 2.20. The standard InChI is InChI=1S/C12H10BrNOS/c13-11-7-10(5-4-9(11)8-15)16-12-3-1-2-6-14-12/h1-7,15H,8H2. The van der Waals surface area contributed by atoms with Crippen LogP contribution in [0.2, 0.25) is 0 Å². The molecule has 82 valence electrons. The fourth-order valence-electron chi connectivity index (χ4n) is 1.25. The highest BCUT2D eigenvalue weighted by molar-refractivity contribution is 9.10. The summed E-state index contributed by atoms with van der Waals surface area (Å²) >= 11 is 5.03. The van der Waals surface area contributed by atoms with E-state index in [9.17, 15) is 0 Å². The van der Waals surface area contributed by atoms with Crippen LogP contribution in [0, 0.1) is 0 Å². The maximum atomic E-state index is 9.05. The summed E-state index contributed by atoms with van der Waals surface area (Å²) in [6, 6.07) is 11.7. The quantitative estimate of drug-likeness (QED) is 0.941. The minimum Gasteiger partial charge on any atom is -0.392 e. The average Bonchev–Trinajstić information content (AvgIpc) is 2.31. The van der Waals surface area contributed by atoms with Crippen molar-refractivity contribution in [3.63, 3.8) is 0 Å². The molecule has 2 nitrogen and oxygen atoms in total. The van der Waals surface area contributed by atoms with E-state index in [-0.39, 0.29) is 6.61 Å². The van der Waals surface area contributed by atoms with Gasteiger partial charge in [-0.3, -0.25) is 0 Å². The minimum atomic E-state index is 0.0507. The smallest absolute Gasteiger partial charge is 0.101 e. The SMILES string of the molecule is OCc1ccc(Sc2ccccn2)cc1Br. The molecule has 0 aliphatic carbocycles. The Kier molecular flexibility index (Phi) is 3.98. The summed E-state index contributed by atoms with van der Waals surface area (Å²) in [6.07, 6.45) is 1.78. The first-order valence-electron chi connectivity index (χ1n) is 4.78. The van der Waals surface area contributed by atoms with Gasteiger partial charge in [-0.25, -0.2) is 4.98 Å². The molecule has 0 spiro atoms. The Morgan fingerprint density at radius 3 is 2.75 bits per heavy atom. The van der Waals surface area contributed by atoms with Gasteiger partial charge < -0.3 is 5.11 Å². The lowest BCUT2D eigenvalue weighted by atomic mass is 10.2. The number of halogens is 1. The molecule has 0 unspecified atom stereocenters. The Hall–Kier alpha value is -0.840. The van der Waals surface area contributed by atoms with Gasteiger partial charge >= 0.3 is 0 Å². The summed E-state index contributed by atoms with van der Waals surface area (Å²) < 4.78 is 0.927. The number of hydrogen-bond acceptors (Lipinski definition) is 3. The van der Waals surface area contributed by atoms with E-state index in [0.717, 1.165) is 20.0 Å². The molecule has 4 heteroatoms. The average molecular weight is 296 g/mol. The van der Waals surface area contributed by atoms with Gasteiger partial charge in [-0.2, -0.15) is 0 Å². The third-order valence-corrected chi connectivity index (χ3v) is 3.73. The largest absolute Gasteiger partial charge is 0.392 e. The first kappa shape index (κ1) is 11.6. The lowest BCUT2D eigenvalue weighted by Crippen LogP contribution is -1.85. The second-order valence-corrected chi connectivity index (χ2v) is 5.13. The normalized spacial score (nSPS) is 10.4. The summed E-state index contributed by atoms with van der Waals surface area (Å²) in [7, 11) is 0. The van der Waals surface area contributed by atoms with Gasteiger partial charge in [0.25, 0.3) is 0 Å². The second kappa shape index (κ2) is 5.48. The Labute approximate surface area is 107 Å². The van der Waals surface area contributed by atoms with Gasteiger partial charge in [0.15, 0.2) is 0 Å². The van der Waals surface area contributed by atoms with Crippen molar-refractivity contribution in [1.82, 2.24) is 4.98 Å². The molecule has 0 aliphatic heterocycles. The predicted octanol–water partition coefficient (Wildman–Crippen LogP) is 3.49. The van der Waals surface area contributed by atoms with Crippen molar-refractivity contribution in [1.29, 1.82) is 0 Å². The molecule has 0 bridgehead atoms. The van der Waals surface area contributed by atoms with Crippen LogP contribution in [0.25, 0.3) is 0 Å². The number of hydrogen-bond donors (Lipinski definition) is 1. The second-order valence-electron chi connectivity index (χ2n) is 3.18. The van der Waals surface area contributed by atoms with E-state index < -0.39 is 0 Å². The maximum absolute atomic E-state index is 9.05. The summed E-state index contributed by atoms with van der Waals surface area (Å²) in [4.78, 5) is 5.34. The summed E-state index contributed by atoms with van der Waals surface area (Å²) in [6.45, 7) is 0.0507. The van der Waals surface area contributed by atoms with Gasteiger partial charge in [0.1, 0.15) is 5.03 Å². The van der Waals surface area contributed by atoms with Crippen LogP contribution in [-0.2, 0) is 6.61 Å². The highest BCUT2D eigenvalue weighted by Gasteiger charge is 2.02. The lowest BCUT2D eigenvalue weighted by Gasteiger charge is -2.04. The van der Waals surface area contributed by atoms with E-state index in [1.807, 2.05) is 36.4 Å². The molecule has 16 heavy (non-hydrogen) atoms. The van der Waals surface area contributed by atoms with Crippen molar-refractivity contribution >= 4 is 27.7 Å². The van der Waals surface area contributed by atoms with E-state index in [4.69, 9.17) is 5.11 Å². The Morgan fingerprint density at radius 2 is 2.12 bits per heavy atom. The van der Waals surface area contributed by atoms with E-state index in [2.05, 4.69) is 20.9 Å². The van der Waals surface area contributed by atoms with Crippen molar-refractivity contribution in [3.8, 4) is 0 Å². The van der Waals surface area contributed by atoms with Crippen LogP contribution >= 0.6 is 27.7 Å². The molecule has 0 saturated carbocycles. The molecule has 1 aromatic carbocycles. The first-order valence-corrected chi connectivity index (χ1v) is 6.39. The fraction of sp³-hybridized carbons (Fsp3) is 0.0833. The zero-order valence-corrected chi connectivity index (χ0v) is 10.8. The van der Waals surface area contributed by atoms with Crippen LogP contribution in [-0.4, -0.2) is 10.1 Å². The van der Waals surface area contributed by atoms with Crippen LogP contribution in [0.5, 0.6) is 0 Å². The fourth-order valence-corrected chi connectivity index (χ4v) is 2.72. The van der Waals surface area contributed by atoms with Crippen molar-refractivity contribution < 1.29 is 5.11 Å². The minimum absolute atomic E-state index is 0.0507. The highest BCUT2D eigenvalue weighted by atomic mass is 79.9. The zero-order chi connectivity index (χ0) is 11.4. The number of benzene rings is 1. The van der Waals surface area contributed by atoms with E-state index >= 15 is 0 Å². The Bertz CT molecular complexity index is 476. The first-order chi connectivity index (χ1) is 7.79. The molecule has 0 saturated heterocycles. The van der Waals surface area contributed by atoms with Crippen LogP contribution < -0.4 is 0 Å². The predicted molar refractivity (Wildman–Crippen MR) is 68.4 cm³/mol. The van der Waals surface area contributed by atoms with Crippen LogP contribution in [0.1, 0.15) is 5.56 Å². The number of aromatic nitrogens is 1. The molecule has 0 amide bonds. The van der Waals surface area contributed by atoms with Crippen molar-refractivity contribution in [3.05, 3.63) is 52.6 Å². The summed E-state index contributed by atoms with van der Waals surface area (Å²) in [5, 5.41) is 10.0. The van der Waals surface area contributed by atoms with Crippen molar-refractivity contribution in [2.24, 2.45) is 0 Å². The molecule has 2 aromatic rings. The van der Waals surface area contributed by atoms with Gasteiger partial charge in [0, 0.05) is 15.6 Å².